The van der Waals surface area contributed by atoms with Crippen LogP contribution in [0.1, 0.15) is 53.2 Å². The zero-order chi connectivity index (χ0) is 19.5. The fraction of sp³-hybridized carbons (Fsp3) is 0.611. The van der Waals surface area contributed by atoms with Crippen molar-refractivity contribution in [2.24, 2.45) is 0 Å². The van der Waals surface area contributed by atoms with Crippen LogP contribution in [0.4, 0.5) is 10.5 Å². The van der Waals surface area contributed by atoms with Gasteiger partial charge in [-0.15, -0.1) is 0 Å². The Bertz CT molecular complexity index is 688. The normalized spacial score (nSPS) is 17.6. The maximum atomic E-state index is 12.4. The predicted molar refractivity (Wildman–Crippen MR) is 97.7 cm³/mol. The number of nitrogens with one attached hydrogen (secondary N) is 4. The average Bonchev–Trinajstić information content (AvgIpc) is 2.81. The molecule has 26 heavy (non-hydrogen) atoms. The van der Waals surface area contributed by atoms with Crippen molar-refractivity contribution < 1.29 is 19.1 Å². The highest BCUT2D eigenvalue weighted by molar-refractivity contribution is 5.98. The maximum absolute atomic E-state index is 12.4. The predicted octanol–water partition coefficient (Wildman–Crippen LogP) is 2.08. The van der Waals surface area contributed by atoms with Crippen LogP contribution in [0.3, 0.4) is 0 Å². The molecule has 3 amide bonds. The van der Waals surface area contributed by atoms with Crippen LogP contribution < -0.4 is 16.0 Å². The molecule has 0 saturated carbocycles. The molecule has 1 aliphatic heterocycles. The summed E-state index contributed by atoms with van der Waals surface area (Å²) >= 11 is 0. The Morgan fingerprint density at radius 2 is 1.96 bits per heavy atom. The second kappa shape index (κ2) is 7.39. The topological polar surface area (TPSA) is 112 Å². The van der Waals surface area contributed by atoms with Crippen molar-refractivity contribution in [2.75, 3.05) is 5.32 Å². The summed E-state index contributed by atoms with van der Waals surface area (Å²) in [5, 5.41) is 8.24. The highest BCUT2D eigenvalue weighted by Gasteiger charge is 2.30. The molecule has 2 heterocycles. The van der Waals surface area contributed by atoms with Gasteiger partial charge in [0.25, 0.3) is 0 Å². The molecular formula is C18H28N4O4. The SMILES string of the molecule is CC(C)(CC(=O)NC1CCc2[nH]ccc2NC1=O)NC(=O)OC(C)(C)C. The Balaban J connectivity index is 1.88. The molecule has 0 spiro atoms. The molecule has 0 aromatic carbocycles. The number of hydrogen-bond acceptors (Lipinski definition) is 4. The molecule has 0 radical (unpaired) electrons. The molecule has 4 N–H and O–H groups in total. The molecule has 0 aliphatic carbocycles. The summed E-state index contributed by atoms with van der Waals surface area (Å²) in [6.07, 6.45) is 2.38. The van der Waals surface area contributed by atoms with Crippen molar-refractivity contribution in [1.29, 1.82) is 0 Å². The van der Waals surface area contributed by atoms with Crippen LogP contribution in [0.25, 0.3) is 0 Å². The lowest BCUT2D eigenvalue weighted by Crippen LogP contribution is -2.51. The van der Waals surface area contributed by atoms with Gasteiger partial charge in [-0.3, -0.25) is 9.59 Å². The summed E-state index contributed by atoms with van der Waals surface area (Å²) in [6, 6.07) is 1.19. The van der Waals surface area contributed by atoms with Crippen LogP contribution in [0, 0.1) is 0 Å². The van der Waals surface area contributed by atoms with Crippen molar-refractivity contribution in [3.63, 3.8) is 0 Å². The summed E-state index contributed by atoms with van der Waals surface area (Å²) in [5.41, 5.74) is 0.273. The third-order valence-electron chi connectivity index (χ3n) is 3.87. The molecule has 8 nitrogen and oxygen atoms in total. The number of carbonyl (C=O) groups excluding carboxylic acids is 3. The lowest BCUT2D eigenvalue weighted by Gasteiger charge is -2.28. The third kappa shape index (κ3) is 5.79. The Labute approximate surface area is 153 Å². The minimum atomic E-state index is -0.808. The van der Waals surface area contributed by atoms with Gasteiger partial charge in [-0.05, 0) is 53.5 Å². The smallest absolute Gasteiger partial charge is 0.408 e. The van der Waals surface area contributed by atoms with E-state index >= 15 is 0 Å². The zero-order valence-corrected chi connectivity index (χ0v) is 16.0. The van der Waals surface area contributed by atoms with Crippen LogP contribution in [-0.4, -0.2) is 40.1 Å². The van der Waals surface area contributed by atoms with Gasteiger partial charge in [-0.2, -0.15) is 0 Å². The number of rotatable bonds is 4. The number of aromatic amines is 1. The third-order valence-corrected chi connectivity index (χ3v) is 3.87. The van der Waals surface area contributed by atoms with Crippen LogP contribution in [0.2, 0.25) is 0 Å². The first-order valence-corrected chi connectivity index (χ1v) is 8.73. The van der Waals surface area contributed by atoms with Crippen LogP contribution in [-0.2, 0) is 20.7 Å². The van der Waals surface area contributed by atoms with E-state index in [-0.39, 0.29) is 18.2 Å². The van der Waals surface area contributed by atoms with Crippen LogP contribution in [0.5, 0.6) is 0 Å². The number of hydrogen-bond donors (Lipinski definition) is 4. The summed E-state index contributed by atoms with van der Waals surface area (Å²) in [4.78, 5) is 39.6. The number of ether oxygens (including phenoxy) is 1. The summed E-state index contributed by atoms with van der Waals surface area (Å²) in [7, 11) is 0. The van der Waals surface area contributed by atoms with E-state index in [0.717, 1.165) is 11.4 Å². The number of anilines is 1. The second-order valence-corrected chi connectivity index (χ2v) is 8.21. The molecule has 1 aromatic heterocycles. The van der Waals surface area contributed by atoms with E-state index in [1.54, 1.807) is 46.9 Å². The standard InChI is InChI=1S/C18H28N4O4/c1-17(2,3)26-16(25)22-18(4,5)10-14(23)20-13-7-6-11-12(8-9-19-11)21-15(13)24/h8-9,13,19H,6-7,10H2,1-5H3,(H,20,23)(H,21,24)(H,22,25). The highest BCUT2D eigenvalue weighted by atomic mass is 16.6. The molecule has 0 bridgehead atoms. The van der Waals surface area contributed by atoms with Crippen molar-refractivity contribution in [3.8, 4) is 0 Å². The molecule has 144 valence electrons. The lowest BCUT2D eigenvalue weighted by molar-refractivity contribution is -0.127. The first-order valence-electron chi connectivity index (χ1n) is 8.73. The first kappa shape index (κ1) is 19.8. The fourth-order valence-corrected chi connectivity index (χ4v) is 2.78. The molecule has 1 unspecified atom stereocenters. The van der Waals surface area contributed by atoms with Gasteiger partial charge in [-0.25, -0.2) is 4.79 Å². The number of H-pyrrole nitrogens is 1. The van der Waals surface area contributed by atoms with Gasteiger partial charge in [0, 0.05) is 23.9 Å². The minimum Gasteiger partial charge on any atom is -0.444 e. The summed E-state index contributed by atoms with van der Waals surface area (Å²) in [5.74, 6) is -0.550. The van der Waals surface area contributed by atoms with E-state index in [1.165, 1.54) is 0 Å². The fourth-order valence-electron chi connectivity index (χ4n) is 2.78. The number of alkyl carbamates (subject to hydrolysis) is 1. The number of aryl methyl sites for hydroxylation is 1. The number of fused-ring (bicyclic) bond motifs is 1. The van der Waals surface area contributed by atoms with Gasteiger partial charge in [-0.1, -0.05) is 0 Å². The number of carbonyl (C=O) groups is 3. The Morgan fingerprint density at radius 1 is 1.27 bits per heavy atom. The summed E-state index contributed by atoms with van der Waals surface area (Å²) < 4.78 is 5.22. The molecule has 2 rings (SSSR count). The Morgan fingerprint density at radius 3 is 2.62 bits per heavy atom. The number of amides is 3. The van der Waals surface area contributed by atoms with E-state index in [2.05, 4.69) is 20.9 Å². The van der Waals surface area contributed by atoms with E-state index < -0.39 is 23.3 Å². The van der Waals surface area contributed by atoms with Gasteiger partial charge in [0.1, 0.15) is 11.6 Å². The largest absolute Gasteiger partial charge is 0.444 e. The quantitative estimate of drug-likeness (QED) is 0.655. The van der Waals surface area contributed by atoms with Crippen molar-refractivity contribution in [2.45, 2.75) is 71.1 Å². The van der Waals surface area contributed by atoms with Gasteiger partial charge in [0.05, 0.1) is 5.69 Å². The zero-order valence-electron chi connectivity index (χ0n) is 16.0. The van der Waals surface area contributed by atoms with Crippen LogP contribution >= 0.6 is 0 Å². The van der Waals surface area contributed by atoms with E-state index in [9.17, 15) is 14.4 Å². The van der Waals surface area contributed by atoms with Crippen molar-refractivity contribution in [3.05, 3.63) is 18.0 Å². The van der Waals surface area contributed by atoms with E-state index in [0.29, 0.717) is 12.8 Å². The van der Waals surface area contributed by atoms with Gasteiger partial charge >= 0.3 is 6.09 Å². The maximum Gasteiger partial charge on any atom is 0.408 e. The highest BCUT2D eigenvalue weighted by Crippen LogP contribution is 2.20. The molecule has 1 aromatic rings. The van der Waals surface area contributed by atoms with Gasteiger partial charge < -0.3 is 25.7 Å². The summed E-state index contributed by atoms with van der Waals surface area (Å²) in [6.45, 7) is 8.77. The molecule has 1 atom stereocenters. The lowest BCUT2D eigenvalue weighted by atomic mass is 10.00. The van der Waals surface area contributed by atoms with Crippen LogP contribution in [0.15, 0.2) is 12.3 Å². The first-order chi connectivity index (χ1) is 12.0. The second-order valence-electron chi connectivity index (χ2n) is 8.21. The Hall–Kier alpha value is -2.51. The van der Waals surface area contributed by atoms with Crippen molar-refractivity contribution in [1.82, 2.24) is 15.6 Å². The van der Waals surface area contributed by atoms with E-state index in [4.69, 9.17) is 4.74 Å². The molecule has 0 fully saturated rings. The van der Waals surface area contributed by atoms with Crippen molar-refractivity contribution >= 4 is 23.6 Å². The van der Waals surface area contributed by atoms with Gasteiger partial charge in [0.15, 0.2) is 0 Å². The molecule has 1 aliphatic rings. The number of aromatic nitrogens is 1. The molecule has 8 heteroatoms. The molecule has 0 saturated heterocycles. The van der Waals surface area contributed by atoms with Gasteiger partial charge in [0.2, 0.25) is 11.8 Å². The molecular weight excluding hydrogens is 336 g/mol. The average molecular weight is 364 g/mol. The van der Waals surface area contributed by atoms with E-state index in [1.807, 2.05) is 0 Å². The Kier molecular flexibility index (Phi) is 5.63. The minimum absolute atomic E-state index is 0.0291. The monoisotopic (exact) mass is 364 g/mol.